The number of hydrogen-bond acceptors (Lipinski definition) is 6. The Morgan fingerprint density at radius 3 is 1.15 bits per heavy atom. The molecule has 0 aromatic heterocycles. The first kappa shape index (κ1) is 34.9. The van der Waals surface area contributed by atoms with E-state index in [1.165, 1.54) is 0 Å². The summed E-state index contributed by atoms with van der Waals surface area (Å²) in [6.07, 6.45) is 3.40. The van der Waals surface area contributed by atoms with Gasteiger partial charge in [0.25, 0.3) is 0 Å². The van der Waals surface area contributed by atoms with Crippen molar-refractivity contribution in [2.24, 2.45) is 9.98 Å². The number of aromatic hydroxyl groups is 2. The van der Waals surface area contributed by atoms with E-state index in [1.807, 2.05) is 133 Å². The molecule has 6 heteroatoms. The third-order valence-electron chi connectivity index (χ3n) is 9.88. The number of aliphatic imine (C=N–C) groups is 2. The second kappa shape index (κ2) is 15.0. The molecule has 8 rings (SSSR count). The van der Waals surface area contributed by atoms with Gasteiger partial charge in [-0.05, 0) is 118 Å². The number of hydrogen-bond donors (Lipinski definition) is 2. The summed E-state index contributed by atoms with van der Waals surface area (Å²) in [5, 5.41) is 24.9. The van der Waals surface area contributed by atoms with Crippen LogP contribution in [-0.4, -0.2) is 22.6 Å². The van der Waals surface area contributed by atoms with E-state index in [0.717, 1.165) is 55.5 Å². The van der Waals surface area contributed by atoms with Crippen LogP contribution in [0.15, 0.2) is 180 Å². The highest BCUT2D eigenvalue weighted by molar-refractivity contribution is 6.04. The second-order valence-corrected chi connectivity index (χ2v) is 13.8. The molecule has 0 fully saturated rings. The van der Waals surface area contributed by atoms with Crippen molar-refractivity contribution in [3.05, 3.63) is 192 Å². The molecule has 0 spiro atoms. The largest absolute Gasteiger partial charge is 0.507 e. The molecule has 8 aromatic rings. The van der Waals surface area contributed by atoms with E-state index in [4.69, 9.17) is 9.47 Å². The monoisotopic (exact) mass is 718 g/mol. The Morgan fingerprint density at radius 2 is 0.764 bits per heavy atom. The molecule has 0 aliphatic rings. The van der Waals surface area contributed by atoms with Gasteiger partial charge in [-0.3, -0.25) is 9.98 Å². The van der Waals surface area contributed by atoms with Gasteiger partial charge in [-0.1, -0.05) is 98.8 Å². The molecule has 0 saturated carbocycles. The van der Waals surface area contributed by atoms with Crippen molar-refractivity contribution in [2.45, 2.75) is 19.3 Å². The predicted molar refractivity (Wildman–Crippen MR) is 224 cm³/mol. The number of phenolic OH excluding ortho intramolecular Hbond substituents is 2. The van der Waals surface area contributed by atoms with Gasteiger partial charge < -0.3 is 19.7 Å². The molecule has 2 N–H and O–H groups in total. The van der Waals surface area contributed by atoms with Crippen molar-refractivity contribution in [2.75, 3.05) is 0 Å². The van der Waals surface area contributed by atoms with Gasteiger partial charge in [0.05, 0.1) is 11.4 Å². The van der Waals surface area contributed by atoms with Crippen LogP contribution in [0.3, 0.4) is 0 Å². The third kappa shape index (κ3) is 7.66. The van der Waals surface area contributed by atoms with E-state index >= 15 is 0 Å². The number of fused-ring (bicyclic) bond motifs is 2. The standard InChI is InChI=1S/C49H38N2O4/c1-49(2,35-13-21-39(22-14-35)54-41-25-17-37(18-26-41)50-31-45-43-9-5-3-7-33(43)11-29-47(45)52)36-15-23-40(24-16-36)55-42-27-19-38(20-28-42)51-32-46-44-10-6-4-8-34(44)12-30-48(46)53/h3-32,52-53H,1-2H3. The van der Waals surface area contributed by atoms with Gasteiger partial charge >= 0.3 is 0 Å². The maximum atomic E-state index is 10.4. The average Bonchev–Trinajstić information content (AvgIpc) is 3.22. The van der Waals surface area contributed by atoms with E-state index in [0.29, 0.717) is 22.6 Å². The van der Waals surface area contributed by atoms with Gasteiger partial charge in [-0.25, -0.2) is 0 Å². The molecule has 0 bridgehead atoms. The van der Waals surface area contributed by atoms with Crippen LogP contribution in [0.25, 0.3) is 21.5 Å². The SMILES string of the molecule is CC(C)(c1ccc(Oc2ccc(N=Cc3c(O)ccc4ccccc34)cc2)cc1)c1ccc(Oc2ccc(N=Cc3c(O)ccc4ccccc34)cc2)cc1. The molecule has 268 valence electrons. The molecule has 0 atom stereocenters. The minimum atomic E-state index is -0.257. The van der Waals surface area contributed by atoms with Crippen LogP contribution < -0.4 is 9.47 Å². The summed E-state index contributed by atoms with van der Waals surface area (Å²) in [6, 6.07) is 54.5. The minimum Gasteiger partial charge on any atom is -0.507 e. The van der Waals surface area contributed by atoms with Crippen molar-refractivity contribution >= 4 is 45.3 Å². The Morgan fingerprint density at radius 1 is 0.418 bits per heavy atom. The Kier molecular flexibility index (Phi) is 9.54. The topological polar surface area (TPSA) is 83.6 Å². The van der Waals surface area contributed by atoms with Gasteiger partial charge in [-0.15, -0.1) is 0 Å². The smallest absolute Gasteiger partial charge is 0.127 e. The van der Waals surface area contributed by atoms with E-state index in [-0.39, 0.29) is 16.9 Å². The van der Waals surface area contributed by atoms with Crippen LogP contribution in [-0.2, 0) is 5.41 Å². The molecule has 0 saturated heterocycles. The van der Waals surface area contributed by atoms with Crippen LogP contribution in [0.5, 0.6) is 34.5 Å². The van der Waals surface area contributed by atoms with Crippen LogP contribution in [0, 0.1) is 0 Å². The molecular formula is C49H38N2O4. The van der Waals surface area contributed by atoms with Crippen LogP contribution in [0.1, 0.15) is 36.1 Å². The lowest BCUT2D eigenvalue weighted by Gasteiger charge is -2.26. The lowest BCUT2D eigenvalue weighted by molar-refractivity contribution is 0.475. The lowest BCUT2D eigenvalue weighted by Crippen LogP contribution is -2.18. The molecule has 55 heavy (non-hydrogen) atoms. The summed E-state index contributed by atoms with van der Waals surface area (Å²) in [6.45, 7) is 4.40. The fraction of sp³-hybridized carbons (Fsp3) is 0.0612. The van der Waals surface area contributed by atoms with Crippen molar-refractivity contribution < 1.29 is 19.7 Å². The molecule has 8 aromatic carbocycles. The number of benzene rings is 8. The zero-order valence-corrected chi connectivity index (χ0v) is 30.4. The summed E-state index contributed by atoms with van der Waals surface area (Å²) in [4.78, 5) is 9.19. The van der Waals surface area contributed by atoms with E-state index < -0.39 is 0 Å². The van der Waals surface area contributed by atoms with Gasteiger partial charge in [0.1, 0.15) is 34.5 Å². The summed E-state index contributed by atoms with van der Waals surface area (Å²) in [5.41, 5.74) is 4.95. The van der Waals surface area contributed by atoms with Crippen LogP contribution in [0.4, 0.5) is 11.4 Å². The lowest BCUT2D eigenvalue weighted by atomic mass is 9.78. The highest BCUT2D eigenvalue weighted by atomic mass is 16.5. The molecule has 0 aliphatic heterocycles. The molecule has 6 nitrogen and oxygen atoms in total. The van der Waals surface area contributed by atoms with Gasteiger partial charge in [0.15, 0.2) is 0 Å². The molecule has 0 unspecified atom stereocenters. The Bertz CT molecular complexity index is 2480. The van der Waals surface area contributed by atoms with E-state index in [9.17, 15) is 10.2 Å². The fourth-order valence-electron chi connectivity index (χ4n) is 6.64. The van der Waals surface area contributed by atoms with E-state index in [1.54, 1.807) is 24.6 Å². The quantitative estimate of drug-likeness (QED) is 0.138. The number of rotatable bonds is 10. The van der Waals surface area contributed by atoms with Gasteiger partial charge in [0, 0.05) is 29.0 Å². The number of ether oxygens (including phenoxy) is 2. The highest BCUT2D eigenvalue weighted by Gasteiger charge is 2.23. The molecule has 0 aliphatic carbocycles. The number of phenols is 2. The summed E-state index contributed by atoms with van der Waals surface area (Å²) >= 11 is 0. The van der Waals surface area contributed by atoms with Crippen molar-refractivity contribution in [3.63, 3.8) is 0 Å². The van der Waals surface area contributed by atoms with E-state index in [2.05, 4.69) is 48.1 Å². The van der Waals surface area contributed by atoms with Crippen molar-refractivity contribution in [1.29, 1.82) is 0 Å². The molecule has 0 heterocycles. The Labute approximate surface area is 320 Å². The average molecular weight is 719 g/mol. The summed E-state index contributed by atoms with van der Waals surface area (Å²) in [7, 11) is 0. The molecule has 0 radical (unpaired) electrons. The van der Waals surface area contributed by atoms with Crippen molar-refractivity contribution in [3.8, 4) is 34.5 Å². The second-order valence-electron chi connectivity index (χ2n) is 13.8. The maximum Gasteiger partial charge on any atom is 0.127 e. The highest BCUT2D eigenvalue weighted by Crippen LogP contribution is 2.36. The van der Waals surface area contributed by atoms with Gasteiger partial charge in [-0.2, -0.15) is 0 Å². The first-order chi connectivity index (χ1) is 26.8. The van der Waals surface area contributed by atoms with Crippen molar-refractivity contribution in [1.82, 2.24) is 0 Å². The zero-order chi connectivity index (χ0) is 37.8. The van der Waals surface area contributed by atoms with Gasteiger partial charge in [0.2, 0.25) is 0 Å². The maximum absolute atomic E-state index is 10.4. The minimum absolute atomic E-state index is 0.196. The fourth-order valence-corrected chi connectivity index (χ4v) is 6.64. The Hall–Kier alpha value is -7.18. The number of nitrogens with zero attached hydrogens (tertiary/aromatic N) is 2. The summed E-state index contributed by atoms with van der Waals surface area (Å²) < 4.78 is 12.3. The Balaban J connectivity index is 0.879. The summed E-state index contributed by atoms with van der Waals surface area (Å²) in [5.74, 6) is 3.29. The van der Waals surface area contributed by atoms with Crippen LogP contribution in [0.2, 0.25) is 0 Å². The molecular weight excluding hydrogens is 681 g/mol. The van der Waals surface area contributed by atoms with Crippen LogP contribution >= 0.6 is 0 Å². The third-order valence-corrected chi connectivity index (χ3v) is 9.88. The first-order valence-corrected chi connectivity index (χ1v) is 18.1. The zero-order valence-electron chi connectivity index (χ0n) is 30.4. The normalized spacial score (nSPS) is 11.8. The first-order valence-electron chi connectivity index (χ1n) is 18.1. The predicted octanol–water partition coefficient (Wildman–Crippen LogP) is 12.8. The molecule has 0 amide bonds.